The highest BCUT2D eigenvalue weighted by molar-refractivity contribution is 5.78. The highest BCUT2D eigenvalue weighted by Gasteiger charge is 2.19. The van der Waals surface area contributed by atoms with E-state index in [9.17, 15) is 4.79 Å². The van der Waals surface area contributed by atoms with Gasteiger partial charge in [0.05, 0.1) is 6.54 Å². The molecule has 1 aliphatic heterocycles. The van der Waals surface area contributed by atoms with Gasteiger partial charge >= 0.3 is 0 Å². The summed E-state index contributed by atoms with van der Waals surface area (Å²) in [5.74, 6) is 0.204. The van der Waals surface area contributed by atoms with Crippen LogP contribution >= 0.6 is 0 Å². The Morgan fingerprint density at radius 3 is 2.62 bits per heavy atom. The van der Waals surface area contributed by atoms with Gasteiger partial charge in [0, 0.05) is 25.7 Å². The second-order valence-corrected chi connectivity index (χ2v) is 5.09. The highest BCUT2D eigenvalue weighted by atomic mass is 16.2. The van der Waals surface area contributed by atoms with Crippen LogP contribution in [0.1, 0.15) is 26.7 Å². The molecule has 0 saturated carbocycles. The van der Waals surface area contributed by atoms with Crippen LogP contribution in [0.5, 0.6) is 0 Å². The van der Waals surface area contributed by atoms with Crippen LogP contribution in [0.2, 0.25) is 0 Å². The average Bonchev–Trinajstić information content (AvgIpc) is 2.68. The maximum absolute atomic E-state index is 11.8. The predicted octanol–water partition coefficient (Wildman–Crippen LogP) is 0.537. The molecule has 16 heavy (non-hydrogen) atoms. The standard InChI is InChI=1S/C12H25N3O/c1-10(2)15(4)12(16)9-14(3)8-11-6-5-7-13-11/h10-11,13H,5-9H2,1-4H3. The smallest absolute Gasteiger partial charge is 0.236 e. The van der Waals surface area contributed by atoms with Crippen molar-refractivity contribution in [2.45, 2.75) is 38.8 Å². The highest BCUT2D eigenvalue weighted by Crippen LogP contribution is 2.06. The third-order valence-electron chi connectivity index (χ3n) is 3.27. The summed E-state index contributed by atoms with van der Waals surface area (Å²) in [6.45, 7) is 6.69. The van der Waals surface area contributed by atoms with E-state index in [-0.39, 0.29) is 11.9 Å². The van der Waals surface area contributed by atoms with Crippen LogP contribution in [0.4, 0.5) is 0 Å². The zero-order chi connectivity index (χ0) is 12.1. The van der Waals surface area contributed by atoms with Gasteiger partial charge in [-0.1, -0.05) is 0 Å². The van der Waals surface area contributed by atoms with Gasteiger partial charge in [-0.25, -0.2) is 0 Å². The molecule has 1 rings (SSSR count). The van der Waals surface area contributed by atoms with Crippen molar-refractivity contribution in [2.24, 2.45) is 0 Å². The first kappa shape index (κ1) is 13.5. The summed E-state index contributed by atoms with van der Waals surface area (Å²) in [7, 11) is 3.89. The van der Waals surface area contributed by atoms with Crippen molar-refractivity contribution in [3.8, 4) is 0 Å². The Labute approximate surface area is 99.0 Å². The lowest BCUT2D eigenvalue weighted by molar-refractivity contribution is -0.132. The Hall–Kier alpha value is -0.610. The fourth-order valence-corrected chi connectivity index (χ4v) is 1.98. The van der Waals surface area contributed by atoms with Gasteiger partial charge in [0.1, 0.15) is 0 Å². The monoisotopic (exact) mass is 227 g/mol. The Morgan fingerprint density at radius 2 is 2.12 bits per heavy atom. The molecule has 1 saturated heterocycles. The van der Waals surface area contributed by atoms with Crippen LogP contribution in [0, 0.1) is 0 Å². The van der Waals surface area contributed by atoms with E-state index in [1.165, 1.54) is 12.8 Å². The summed E-state index contributed by atoms with van der Waals surface area (Å²) in [5, 5.41) is 3.45. The quantitative estimate of drug-likeness (QED) is 0.744. The molecule has 0 spiro atoms. The van der Waals surface area contributed by atoms with Gasteiger partial charge in [-0.2, -0.15) is 0 Å². The molecule has 1 unspecified atom stereocenters. The first-order valence-electron chi connectivity index (χ1n) is 6.18. The third-order valence-corrected chi connectivity index (χ3v) is 3.27. The summed E-state index contributed by atoms with van der Waals surface area (Å²) in [5.41, 5.74) is 0. The van der Waals surface area contributed by atoms with Crippen molar-refractivity contribution in [3.63, 3.8) is 0 Å². The molecule has 0 aromatic rings. The summed E-state index contributed by atoms with van der Waals surface area (Å²) < 4.78 is 0. The first-order chi connectivity index (χ1) is 7.50. The molecule has 4 heteroatoms. The van der Waals surface area contributed by atoms with Gasteiger partial charge < -0.3 is 10.2 Å². The molecule has 1 aliphatic rings. The van der Waals surface area contributed by atoms with E-state index in [0.29, 0.717) is 12.6 Å². The Kier molecular flexibility index (Phi) is 5.22. The zero-order valence-corrected chi connectivity index (χ0v) is 11.0. The molecule has 0 aromatic heterocycles. The van der Waals surface area contributed by atoms with Gasteiger partial charge in [-0.3, -0.25) is 9.69 Å². The fourth-order valence-electron chi connectivity index (χ4n) is 1.98. The van der Waals surface area contributed by atoms with Crippen molar-refractivity contribution in [1.82, 2.24) is 15.1 Å². The molecule has 0 aliphatic carbocycles. The van der Waals surface area contributed by atoms with Crippen LogP contribution < -0.4 is 5.32 Å². The van der Waals surface area contributed by atoms with E-state index in [1.54, 1.807) is 4.90 Å². The Bertz CT molecular complexity index is 224. The molecule has 94 valence electrons. The second-order valence-electron chi connectivity index (χ2n) is 5.09. The van der Waals surface area contributed by atoms with Crippen molar-refractivity contribution < 1.29 is 4.79 Å². The number of amides is 1. The minimum absolute atomic E-state index is 0.204. The predicted molar refractivity (Wildman–Crippen MR) is 66.4 cm³/mol. The average molecular weight is 227 g/mol. The van der Waals surface area contributed by atoms with Crippen LogP contribution in [-0.4, -0.2) is 61.5 Å². The molecular formula is C12H25N3O. The van der Waals surface area contributed by atoms with E-state index in [1.807, 2.05) is 27.9 Å². The molecule has 0 aromatic carbocycles. The maximum atomic E-state index is 11.8. The summed E-state index contributed by atoms with van der Waals surface area (Å²) in [4.78, 5) is 15.8. The number of hydrogen-bond donors (Lipinski definition) is 1. The second kappa shape index (κ2) is 6.21. The molecule has 0 radical (unpaired) electrons. The maximum Gasteiger partial charge on any atom is 0.236 e. The van der Waals surface area contributed by atoms with Crippen molar-refractivity contribution >= 4 is 5.91 Å². The number of rotatable bonds is 5. The van der Waals surface area contributed by atoms with Gasteiger partial charge in [-0.05, 0) is 40.3 Å². The van der Waals surface area contributed by atoms with Crippen LogP contribution in [0.15, 0.2) is 0 Å². The normalized spacial score (nSPS) is 20.8. The zero-order valence-electron chi connectivity index (χ0n) is 11.0. The van der Waals surface area contributed by atoms with Crippen LogP contribution in [0.3, 0.4) is 0 Å². The first-order valence-corrected chi connectivity index (χ1v) is 6.18. The molecular weight excluding hydrogens is 202 g/mol. The van der Waals surface area contributed by atoms with E-state index < -0.39 is 0 Å². The number of nitrogens with zero attached hydrogens (tertiary/aromatic N) is 2. The lowest BCUT2D eigenvalue weighted by atomic mass is 10.2. The largest absolute Gasteiger partial charge is 0.342 e. The van der Waals surface area contributed by atoms with Gasteiger partial charge in [0.25, 0.3) is 0 Å². The Balaban J connectivity index is 2.27. The van der Waals surface area contributed by atoms with Crippen LogP contribution in [0.25, 0.3) is 0 Å². The van der Waals surface area contributed by atoms with Crippen LogP contribution in [-0.2, 0) is 4.79 Å². The van der Waals surface area contributed by atoms with Gasteiger partial charge in [0.15, 0.2) is 0 Å². The number of hydrogen-bond acceptors (Lipinski definition) is 3. The molecule has 4 nitrogen and oxygen atoms in total. The SMILES string of the molecule is CC(C)N(C)C(=O)CN(C)CC1CCCN1. The molecule has 1 fully saturated rings. The lowest BCUT2D eigenvalue weighted by Crippen LogP contribution is -2.43. The summed E-state index contributed by atoms with van der Waals surface area (Å²) in [6, 6.07) is 0.854. The summed E-state index contributed by atoms with van der Waals surface area (Å²) in [6.07, 6.45) is 2.50. The van der Waals surface area contributed by atoms with Crippen molar-refractivity contribution in [2.75, 3.05) is 33.7 Å². The topological polar surface area (TPSA) is 35.6 Å². The number of carbonyl (C=O) groups excluding carboxylic acids is 1. The minimum atomic E-state index is 0.204. The molecule has 0 bridgehead atoms. The van der Waals surface area contributed by atoms with Crippen molar-refractivity contribution in [3.05, 3.63) is 0 Å². The molecule has 1 atom stereocenters. The van der Waals surface area contributed by atoms with E-state index >= 15 is 0 Å². The molecule has 1 amide bonds. The molecule has 1 heterocycles. The third kappa shape index (κ3) is 4.10. The van der Waals surface area contributed by atoms with E-state index in [0.717, 1.165) is 13.1 Å². The number of nitrogens with one attached hydrogen (secondary N) is 1. The summed E-state index contributed by atoms with van der Waals surface area (Å²) >= 11 is 0. The van der Waals surface area contributed by atoms with Gasteiger partial charge in [0.2, 0.25) is 5.91 Å². The molecule has 1 N–H and O–H groups in total. The number of carbonyl (C=O) groups is 1. The van der Waals surface area contributed by atoms with Crippen molar-refractivity contribution in [1.29, 1.82) is 0 Å². The minimum Gasteiger partial charge on any atom is -0.342 e. The Morgan fingerprint density at radius 1 is 1.44 bits per heavy atom. The van der Waals surface area contributed by atoms with E-state index in [2.05, 4.69) is 10.2 Å². The van der Waals surface area contributed by atoms with Gasteiger partial charge in [-0.15, -0.1) is 0 Å². The lowest BCUT2D eigenvalue weighted by Gasteiger charge is -2.26. The van der Waals surface area contributed by atoms with E-state index in [4.69, 9.17) is 0 Å². The fraction of sp³-hybridized carbons (Fsp3) is 0.917. The number of likely N-dealkylation sites (N-methyl/N-ethyl adjacent to an activating group) is 2.